The van der Waals surface area contributed by atoms with Gasteiger partial charge in [-0.1, -0.05) is 0 Å². The molecule has 2 N–H and O–H groups in total. The fourth-order valence-corrected chi connectivity index (χ4v) is 2.24. The Morgan fingerprint density at radius 3 is 2.91 bits per heavy atom. The van der Waals surface area contributed by atoms with E-state index >= 15 is 0 Å². The molecule has 0 aliphatic carbocycles. The number of anilines is 2. The van der Waals surface area contributed by atoms with E-state index in [1.165, 1.54) is 6.20 Å². The molecule has 1 fully saturated rings. The van der Waals surface area contributed by atoms with E-state index in [0.717, 1.165) is 18.9 Å². The summed E-state index contributed by atoms with van der Waals surface area (Å²) in [5.41, 5.74) is 1.21. The lowest BCUT2D eigenvalue weighted by molar-refractivity contribution is 0.122. The van der Waals surface area contributed by atoms with Gasteiger partial charge in [0, 0.05) is 19.6 Å². The molecule has 2 aromatic rings. The van der Waals surface area contributed by atoms with Gasteiger partial charge in [0.15, 0.2) is 11.5 Å². The quantitative estimate of drug-likeness (QED) is 0.879. The van der Waals surface area contributed by atoms with Crippen molar-refractivity contribution in [3.05, 3.63) is 18.3 Å². The molecule has 3 rings (SSSR count). The van der Waals surface area contributed by atoms with Crippen molar-refractivity contribution in [2.75, 3.05) is 43.1 Å². The highest BCUT2D eigenvalue weighted by atomic mass is 16.5. The normalized spacial score (nSPS) is 14.9. The Bertz CT molecular complexity index is 671. The number of rotatable bonds is 3. The number of amides is 2. The van der Waals surface area contributed by atoms with Crippen molar-refractivity contribution in [3.63, 3.8) is 0 Å². The Morgan fingerprint density at radius 2 is 2.14 bits per heavy atom. The van der Waals surface area contributed by atoms with Gasteiger partial charge in [-0.05, 0) is 19.1 Å². The minimum absolute atomic E-state index is 0.305. The Kier molecular flexibility index (Phi) is 4.29. The van der Waals surface area contributed by atoms with Crippen LogP contribution in [-0.4, -0.2) is 53.8 Å². The molecule has 0 radical (unpaired) electrons. The molecule has 0 bridgehead atoms. The SMILES string of the molecule is CCNC(=O)Nc1cnc2ccc(N3CCOCC3)nc2n1. The zero-order valence-corrected chi connectivity index (χ0v) is 12.4. The molecular formula is C14H18N6O2. The summed E-state index contributed by atoms with van der Waals surface area (Å²) in [7, 11) is 0. The minimum Gasteiger partial charge on any atom is -0.378 e. The summed E-state index contributed by atoms with van der Waals surface area (Å²) < 4.78 is 5.34. The molecule has 2 aromatic heterocycles. The van der Waals surface area contributed by atoms with Crippen LogP contribution in [0.2, 0.25) is 0 Å². The van der Waals surface area contributed by atoms with Crippen molar-refractivity contribution in [3.8, 4) is 0 Å². The molecule has 1 saturated heterocycles. The molecule has 0 saturated carbocycles. The predicted octanol–water partition coefficient (Wildman–Crippen LogP) is 1.00. The van der Waals surface area contributed by atoms with Crippen molar-refractivity contribution in [1.82, 2.24) is 20.3 Å². The zero-order valence-electron chi connectivity index (χ0n) is 12.4. The Labute approximate surface area is 127 Å². The molecule has 0 aromatic carbocycles. The van der Waals surface area contributed by atoms with Crippen LogP contribution in [0.15, 0.2) is 18.3 Å². The maximum absolute atomic E-state index is 11.5. The van der Waals surface area contributed by atoms with Crippen molar-refractivity contribution in [1.29, 1.82) is 0 Å². The van der Waals surface area contributed by atoms with Crippen LogP contribution >= 0.6 is 0 Å². The molecule has 0 spiro atoms. The standard InChI is InChI=1S/C14H18N6O2/c1-2-15-14(21)18-11-9-16-10-3-4-12(19-13(10)17-11)20-5-7-22-8-6-20/h3-4,9H,2,5-8H2,1H3,(H2,15,17,18,19,21). The number of fused-ring (bicyclic) bond motifs is 1. The number of carbonyl (C=O) groups is 1. The molecule has 116 valence electrons. The second-order valence-corrected chi connectivity index (χ2v) is 4.85. The summed E-state index contributed by atoms with van der Waals surface area (Å²) in [6.45, 7) is 5.41. The minimum atomic E-state index is -0.305. The predicted molar refractivity (Wildman–Crippen MR) is 83.1 cm³/mol. The van der Waals surface area contributed by atoms with Crippen LogP contribution in [-0.2, 0) is 4.74 Å². The van der Waals surface area contributed by atoms with Crippen LogP contribution in [0.5, 0.6) is 0 Å². The van der Waals surface area contributed by atoms with Gasteiger partial charge in [0.05, 0.1) is 19.4 Å². The number of hydrogen-bond donors (Lipinski definition) is 2. The second-order valence-electron chi connectivity index (χ2n) is 4.85. The molecule has 0 atom stereocenters. The zero-order chi connectivity index (χ0) is 15.4. The van der Waals surface area contributed by atoms with Crippen LogP contribution < -0.4 is 15.5 Å². The summed E-state index contributed by atoms with van der Waals surface area (Å²) in [4.78, 5) is 26.8. The highest BCUT2D eigenvalue weighted by Gasteiger charge is 2.13. The average Bonchev–Trinajstić information content (AvgIpc) is 2.55. The second kappa shape index (κ2) is 6.52. The third-order valence-electron chi connectivity index (χ3n) is 3.31. The number of carbonyl (C=O) groups excluding carboxylic acids is 1. The third-order valence-corrected chi connectivity index (χ3v) is 3.31. The van der Waals surface area contributed by atoms with E-state index in [9.17, 15) is 4.79 Å². The number of ether oxygens (including phenoxy) is 1. The first-order valence-corrected chi connectivity index (χ1v) is 7.27. The van der Waals surface area contributed by atoms with E-state index in [-0.39, 0.29) is 6.03 Å². The van der Waals surface area contributed by atoms with Gasteiger partial charge in [-0.2, -0.15) is 0 Å². The van der Waals surface area contributed by atoms with Gasteiger partial charge in [-0.3, -0.25) is 5.32 Å². The summed E-state index contributed by atoms with van der Waals surface area (Å²) in [5.74, 6) is 1.23. The van der Waals surface area contributed by atoms with Crippen LogP contribution in [0.25, 0.3) is 11.2 Å². The number of pyridine rings is 1. The first-order valence-electron chi connectivity index (χ1n) is 7.27. The number of nitrogens with one attached hydrogen (secondary N) is 2. The van der Waals surface area contributed by atoms with Crippen molar-refractivity contribution in [2.45, 2.75) is 6.92 Å². The van der Waals surface area contributed by atoms with E-state index in [0.29, 0.717) is 36.7 Å². The van der Waals surface area contributed by atoms with Gasteiger partial charge in [0.1, 0.15) is 11.3 Å². The summed E-state index contributed by atoms with van der Waals surface area (Å²) in [5, 5.41) is 5.28. The first-order chi connectivity index (χ1) is 10.8. The van der Waals surface area contributed by atoms with E-state index in [2.05, 4.69) is 30.5 Å². The van der Waals surface area contributed by atoms with Crippen LogP contribution in [0, 0.1) is 0 Å². The maximum atomic E-state index is 11.5. The average molecular weight is 302 g/mol. The topological polar surface area (TPSA) is 92.3 Å². The highest BCUT2D eigenvalue weighted by Crippen LogP contribution is 2.17. The fraction of sp³-hybridized carbons (Fsp3) is 0.429. The largest absolute Gasteiger partial charge is 0.378 e. The Morgan fingerprint density at radius 1 is 1.32 bits per heavy atom. The number of urea groups is 1. The van der Waals surface area contributed by atoms with E-state index in [1.807, 2.05) is 19.1 Å². The molecular weight excluding hydrogens is 284 g/mol. The monoisotopic (exact) mass is 302 g/mol. The molecule has 0 unspecified atom stereocenters. The van der Waals surface area contributed by atoms with Crippen LogP contribution in [0.4, 0.5) is 16.4 Å². The molecule has 8 heteroatoms. The van der Waals surface area contributed by atoms with Gasteiger partial charge in [-0.25, -0.2) is 19.7 Å². The molecule has 22 heavy (non-hydrogen) atoms. The third kappa shape index (κ3) is 3.22. The summed E-state index contributed by atoms with van der Waals surface area (Å²) in [6, 6.07) is 3.51. The molecule has 2 amide bonds. The number of morpholine rings is 1. The summed E-state index contributed by atoms with van der Waals surface area (Å²) >= 11 is 0. The molecule has 1 aliphatic heterocycles. The van der Waals surface area contributed by atoms with Gasteiger partial charge < -0.3 is 15.0 Å². The lowest BCUT2D eigenvalue weighted by Crippen LogP contribution is -2.36. The lowest BCUT2D eigenvalue weighted by Gasteiger charge is -2.27. The molecule has 3 heterocycles. The van der Waals surface area contributed by atoms with Crippen molar-refractivity contribution < 1.29 is 9.53 Å². The van der Waals surface area contributed by atoms with Crippen LogP contribution in [0.1, 0.15) is 6.92 Å². The number of aromatic nitrogens is 3. The number of hydrogen-bond acceptors (Lipinski definition) is 6. The van der Waals surface area contributed by atoms with Gasteiger partial charge in [-0.15, -0.1) is 0 Å². The maximum Gasteiger partial charge on any atom is 0.320 e. The van der Waals surface area contributed by atoms with Crippen molar-refractivity contribution >= 4 is 28.8 Å². The lowest BCUT2D eigenvalue weighted by atomic mass is 10.3. The Balaban J connectivity index is 1.84. The number of nitrogens with zero attached hydrogens (tertiary/aromatic N) is 4. The van der Waals surface area contributed by atoms with E-state index < -0.39 is 0 Å². The van der Waals surface area contributed by atoms with Gasteiger partial charge >= 0.3 is 6.03 Å². The smallest absolute Gasteiger partial charge is 0.320 e. The summed E-state index contributed by atoms with van der Waals surface area (Å²) in [6.07, 6.45) is 1.52. The van der Waals surface area contributed by atoms with E-state index in [1.54, 1.807) is 0 Å². The molecule has 8 nitrogen and oxygen atoms in total. The highest BCUT2D eigenvalue weighted by molar-refractivity contribution is 5.89. The van der Waals surface area contributed by atoms with Gasteiger partial charge in [0.2, 0.25) is 0 Å². The molecule has 1 aliphatic rings. The van der Waals surface area contributed by atoms with Crippen LogP contribution in [0.3, 0.4) is 0 Å². The first kappa shape index (κ1) is 14.5. The van der Waals surface area contributed by atoms with E-state index in [4.69, 9.17) is 4.74 Å². The fourth-order valence-electron chi connectivity index (χ4n) is 2.24. The Hall–Kier alpha value is -2.48. The van der Waals surface area contributed by atoms with Gasteiger partial charge in [0.25, 0.3) is 0 Å². The van der Waals surface area contributed by atoms with Crippen molar-refractivity contribution in [2.24, 2.45) is 0 Å².